The van der Waals surface area contributed by atoms with Crippen molar-refractivity contribution in [3.8, 4) is 22.8 Å². The fourth-order valence-corrected chi connectivity index (χ4v) is 5.58. The lowest BCUT2D eigenvalue weighted by Gasteiger charge is -2.18. The van der Waals surface area contributed by atoms with Crippen LogP contribution in [0.2, 0.25) is 0 Å². The minimum absolute atomic E-state index is 0.106. The van der Waals surface area contributed by atoms with Gasteiger partial charge in [0.15, 0.2) is 16.6 Å². The Morgan fingerprint density at radius 3 is 2.80 bits per heavy atom. The summed E-state index contributed by atoms with van der Waals surface area (Å²) in [4.78, 5) is 4.70. The van der Waals surface area contributed by atoms with Crippen LogP contribution in [0.4, 0.5) is 16.5 Å². The number of nitrogens with zero attached hydrogens (tertiary/aromatic N) is 2. The monoisotopic (exact) mass is 443 g/mol. The van der Waals surface area contributed by atoms with Crippen LogP contribution in [-0.4, -0.2) is 38.9 Å². The van der Waals surface area contributed by atoms with Gasteiger partial charge in [-0.05, 0) is 43.2 Å². The van der Waals surface area contributed by atoms with Gasteiger partial charge in [-0.15, -0.1) is 11.3 Å². The molecule has 2 aliphatic rings. The summed E-state index contributed by atoms with van der Waals surface area (Å²) in [5, 5.41) is 6.09. The molecule has 0 spiro atoms. The highest BCUT2D eigenvalue weighted by atomic mass is 32.2. The van der Waals surface area contributed by atoms with E-state index in [-0.39, 0.29) is 5.75 Å². The van der Waals surface area contributed by atoms with E-state index in [4.69, 9.17) is 14.5 Å². The molecule has 0 aliphatic carbocycles. The highest BCUT2D eigenvalue weighted by Gasteiger charge is 2.28. The number of sulfonamides is 1. The summed E-state index contributed by atoms with van der Waals surface area (Å²) >= 11 is 1.52. The standard InChI is InChI=1S/C21H21N3O4S2/c1-2-30(25,26)24-8-7-15-11-14(3-5-18(15)24)17-13-29-21(23-17)22-16-4-6-19-20(12-16)28-10-9-27-19/h3-6,11-13H,2,7-10H2,1H3,(H,22,23). The molecule has 7 nitrogen and oxygen atoms in total. The second-order valence-electron chi connectivity index (χ2n) is 7.09. The van der Waals surface area contributed by atoms with Crippen molar-refractivity contribution < 1.29 is 17.9 Å². The van der Waals surface area contributed by atoms with Crippen LogP contribution >= 0.6 is 11.3 Å². The van der Waals surface area contributed by atoms with E-state index in [9.17, 15) is 8.42 Å². The SMILES string of the molecule is CCS(=O)(=O)N1CCc2cc(-c3csc(Nc4ccc5c(c4)OCCO5)n3)ccc21. The number of aromatic nitrogens is 1. The summed E-state index contributed by atoms with van der Waals surface area (Å²) in [7, 11) is -3.24. The normalized spacial score (nSPS) is 15.2. The van der Waals surface area contributed by atoms with Crippen molar-refractivity contribution in [2.24, 2.45) is 0 Å². The summed E-state index contributed by atoms with van der Waals surface area (Å²) in [5.41, 5.74) is 4.55. The summed E-state index contributed by atoms with van der Waals surface area (Å²) in [6.45, 7) is 3.29. The molecular formula is C21H21N3O4S2. The zero-order valence-corrected chi connectivity index (χ0v) is 18.1. The topological polar surface area (TPSA) is 80.8 Å². The third-order valence-electron chi connectivity index (χ3n) is 5.23. The molecule has 0 bridgehead atoms. The molecule has 156 valence electrons. The van der Waals surface area contributed by atoms with E-state index in [0.29, 0.717) is 19.8 Å². The first-order valence-corrected chi connectivity index (χ1v) is 12.3. The second kappa shape index (κ2) is 7.48. The minimum atomic E-state index is -3.24. The van der Waals surface area contributed by atoms with Crippen LogP contribution in [0.3, 0.4) is 0 Å². The number of thiazole rings is 1. The largest absolute Gasteiger partial charge is 0.486 e. The first-order chi connectivity index (χ1) is 14.5. The number of rotatable bonds is 5. The Balaban J connectivity index is 1.36. The average Bonchev–Trinajstić information content (AvgIpc) is 3.40. The van der Waals surface area contributed by atoms with Crippen molar-refractivity contribution in [1.82, 2.24) is 4.98 Å². The molecule has 1 aromatic heterocycles. The van der Waals surface area contributed by atoms with Crippen molar-refractivity contribution in [3.05, 3.63) is 47.3 Å². The van der Waals surface area contributed by atoms with Gasteiger partial charge in [0, 0.05) is 29.2 Å². The van der Waals surface area contributed by atoms with Crippen LogP contribution in [0.1, 0.15) is 12.5 Å². The molecule has 0 radical (unpaired) electrons. The molecule has 0 saturated carbocycles. The van der Waals surface area contributed by atoms with E-state index in [1.54, 1.807) is 6.92 Å². The van der Waals surface area contributed by atoms with E-state index in [2.05, 4.69) is 5.32 Å². The maximum Gasteiger partial charge on any atom is 0.234 e. The van der Waals surface area contributed by atoms with Crippen LogP contribution in [0, 0.1) is 0 Å². The van der Waals surface area contributed by atoms with Crippen molar-refractivity contribution in [3.63, 3.8) is 0 Å². The third kappa shape index (κ3) is 3.48. The quantitative estimate of drug-likeness (QED) is 0.641. The lowest BCUT2D eigenvalue weighted by atomic mass is 10.1. The minimum Gasteiger partial charge on any atom is -0.486 e. The number of hydrogen-bond donors (Lipinski definition) is 1. The third-order valence-corrected chi connectivity index (χ3v) is 7.76. The predicted molar refractivity (Wildman–Crippen MR) is 119 cm³/mol. The second-order valence-corrected chi connectivity index (χ2v) is 10.1. The Kier molecular flexibility index (Phi) is 4.79. The lowest BCUT2D eigenvalue weighted by molar-refractivity contribution is 0.171. The zero-order valence-electron chi connectivity index (χ0n) is 16.4. The Morgan fingerprint density at radius 1 is 1.13 bits per heavy atom. The van der Waals surface area contributed by atoms with Crippen molar-refractivity contribution in [1.29, 1.82) is 0 Å². The Bertz CT molecular complexity index is 1210. The summed E-state index contributed by atoms with van der Waals surface area (Å²) in [6, 6.07) is 11.6. The molecule has 1 N–H and O–H groups in total. The van der Waals surface area contributed by atoms with Crippen LogP contribution in [0.15, 0.2) is 41.8 Å². The molecule has 2 aliphatic heterocycles. The van der Waals surface area contributed by atoms with Gasteiger partial charge in [-0.2, -0.15) is 0 Å². The molecular weight excluding hydrogens is 422 g/mol. The molecule has 3 heterocycles. The van der Waals surface area contributed by atoms with Gasteiger partial charge in [-0.1, -0.05) is 6.07 Å². The van der Waals surface area contributed by atoms with Crippen LogP contribution in [0.25, 0.3) is 11.3 Å². The smallest absolute Gasteiger partial charge is 0.234 e. The van der Waals surface area contributed by atoms with Gasteiger partial charge < -0.3 is 14.8 Å². The van der Waals surface area contributed by atoms with Crippen molar-refractivity contribution >= 4 is 37.9 Å². The maximum atomic E-state index is 12.3. The lowest BCUT2D eigenvalue weighted by Crippen LogP contribution is -2.30. The van der Waals surface area contributed by atoms with E-state index < -0.39 is 10.0 Å². The van der Waals surface area contributed by atoms with Crippen LogP contribution in [0.5, 0.6) is 11.5 Å². The summed E-state index contributed by atoms with van der Waals surface area (Å²) < 4.78 is 37.3. The molecule has 30 heavy (non-hydrogen) atoms. The zero-order chi connectivity index (χ0) is 20.7. The Labute approximate surface area is 179 Å². The van der Waals surface area contributed by atoms with Gasteiger partial charge in [0.25, 0.3) is 0 Å². The fraction of sp³-hybridized carbons (Fsp3) is 0.286. The van der Waals surface area contributed by atoms with E-state index >= 15 is 0 Å². The summed E-state index contributed by atoms with van der Waals surface area (Å²) in [5.74, 6) is 1.59. The van der Waals surface area contributed by atoms with Crippen molar-refractivity contribution in [2.75, 3.05) is 35.1 Å². The number of hydrogen-bond acceptors (Lipinski definition) is 7. The number of ether oxygens (including phenoxy) is 2. The summed E-state index contributed by atoms with van der Waals surface area (Å²) in [6.07, 6.45) is 0.717. The Morgan fingerprint density at radius 2 is 1.97 bits per heavy atom. The molecule has 0 amide bonds. The first-order valence-electron chi connectivity index (χ1n) is 9.79. The molecule has 2 aromatic carbocycles. The molecule has 0 atom stereocenters. The van der Waals surface area contributed by atoms with Gasteiger partial charge in [0.1, 0.15) is 13.2 Å². The fourth-order valence-electron chi connectivity index (χ4n) is 3.68. The van der Waals surface area contributed by atoms with E-state index in [1.807, 2.05) is 41.8 Å². The Hall–Kier alpha value is -2.78. The highest BCUT2D eigenvalue weighted by molar-refractivity contribution is 7.92. The number of anilines is 3. The number of fused-ring (bicyclic) bond motifs is 2. The molecule has 0 saturated heterocycles. The van der Waals surface area contributed by atoms with E-state index in [0.717, 1.165) is 51.2 Å². The maximum absolute atomic E-state index is 12.3. The average molecular weight is 444 g/mol. The van der Waals surface area contributed by atoms with Crippen LogP contribution < -0.4 is 19.1 Å². The van der Waals surface area contributed by atoms with Gasteiger partial charge in [0.05, 0.1) is 17.1 Å². The van der Waals surface area contributed by atoms with Gasteiger partial charge >= 0.3 is 0 Å². The van der Waals surface area contributed by atoms with Crippen molar-refractivity contribution in [2.45, 2.75) is 13.3 Å². The molecule has 5 rings (SSSR count). The molecule has 0 fully saturated rings. The highest BCUT2D eigenvalue weighted by Crippen LogP contribution is 2.37. The van der Waals surface area contributed by atoms with Gasteiger partial charge in [0.2, 0.25) is 10.0 Å². The van der Waals surface area contributed by atoms with Gasteiger partial charge in [-0.25, -0.2) is 13.4 Å². The first kappa shape index (κ1) is 19.2. The molecule has 9 heteroatoms. The predicted octanol–water partition coefficient (Wildman–Crippen LogP) is 4.04. The molecule has 0 unspecified atom stereocenters. The number of nitrogens with one attached hydrogen (secondary N) is 1. The molecule has 3 aromatic rings. The van der Waals surface area contributed by atoms with E-state index in [1.165, 1.54) is 15.6 Å². The number of benzene rings is 2. The van der Waals surface area contributed by atoms with Gasteiger partial charge in [-0.3, -0.25) is 4.31 Å². The van der Waals surface area contributed by atoms with Crippen LogP contribution in [-0.2, 0) is 16.4 Å².